The maximum atomic E-state index is 11.7. The SMILES string of the molecule is O=C(C=Cc1ccc(Cl)cc1)NCc1cccc(CO)c1. The number of carbonyl (C=O) groups is 1. The molecule has 4 heteroatoms. The molecule has 0 unspecified atom stereocenters. The normalized spacial score (nSPS) is 10.8. The molecule has 21 heavy (non-hydrogen) atoms. The summed E-state index contributed by atoms with van der Waals surface area (Å²) in [6.07, 6.45) is 3.22. The van der Waals surface area contributed by atoms with E-state index in [0.717, 1.165) is 16.7 Å². The number of rotatable bonds is 5. The molecule has 0 aliphatic heterocycles. The first-order valence-electron chi connectivity index (χ1n) is 6.57. The number of halogens is 1. The van der Waals surface area contributed by atoms with E-state index in [-0.39, 0.29) is 12.5 Å². The predicted molar refractivity (Wildman–Crippen MR) is 84.7 cm³/mol. The molecule has 0 radical (unpaired) electrons. The van der Waals surface area contributed by atoms with Crippen LogP contribution in [0, 0.1) is 0 Å². The molecule has 0 heterocycles. The van der Waals surface area contributed by atoms with Gasteiger partial charge in [-0.1, -0.05) is 48.0 Å². The van der Waals surface area contributed by atoms with Crippen LogP contribution in [0.15, 0.2) is 54.6 Å². The van der Waals surface area contributed by atoms with E-state index in [0.29, 0.717) is 11.6 Å². The second-order valence-electron chi connectivity index (χ2n) is 4.58. The van der Waals surface area contributed by atoms with Gasteiger partial charge >= 0.3 is 0 Å². The highest BCUT2D eigenvalue weighted by molar-refractivity contribution is 6.30. The van der Waals surface area contributed by atoms with E-state index >= 15 is 0 Å². The maximum Gasteiger partial charge on any atom is 0.244 e. The Hall–Kier alpha value is -2.10. The molecule has 2 N–H and O–H groups in total. The smallest absolute Gasteiger partial charge is 0.244 e. The molecule has 0 saturated carbocycles. The van der Waals surface area contributed by atoms with E-state index in [1.807, 2.05) is 36.4 Å². The molecule has 0 fully saturated rings. The quantitative estimate of drug-likeness (QED) is 0.834. The molecule has 0 saturated heterocycles. The van der Waals surface area contributed by atoms with Crippen molar-refractivity contribution in [2.24, 2.45) is 0 Å². The lowest BCUT2D eigenvalue weighted by molar-refractivity contribution is -0.116. The summed E-state index contributed by atoms with van der Waals surface area (Å²) >= 11 is 5.80. The number of hydrogen-bond acceptors (Lipinski definition) is 2. The van der Waals surface area contributed by atoms with Crippen LogP contribution < -0.4 is 5.32 Å². The van der Waals surface area contributed by atoms with Crippen molar-refractivity contribution in [1.29, 1.82) is 0 Å². The fourth-order valence-corrected chi connectivity index (χ4v) is 1.96. The maximum absolute atomic E-state index is 11.7. The van der Waals surface area contributed by atoms with Gasteiger partial charge in [-0.15, -0.1) is 0 Å². The third-order valence-corrected chi connectivity index (χ3v) is 3.19. The lowest BCUT2D eigenvalue weighted by Gasteiger charge is -2.04. The van der Waals surface area contributed by atoms with Crippen LogP contribution in [0.1, 0.15) is 16.7 Å². The third kappa shape index (κ3) is 5.06. The standard InChI is InChI=1S/C17H16ClNO2/c18-16-7-4-13(5-8-16)6-9-17(21)19-11-14-2-1-3-15(10-14)12-20/h1-10,20H,11-12H2,(H,19,21). The largest absolute Gasteiger partial charge is 0.392 e. The Labute approximate surface area is 128 Å². The summed E-state index contributed by atoms with van der Waals surface area (Å²) in [5.74, 6) is -0.167. The molecule has 0 spiro atoms. The highest BCUT2D eigenvalue weighted by Gasteiger charge is 1.98. The number of aliphatic hydroxyl groups excluding tert-OH is 1. The summed E-state index contributed by atoms with van der Waals surface area (Å²) in [4.78, 5) is 11.7. The van der Waals surface area contributed by atoms with Gasteiger partial charge in [0, 0.05) is 17.6 Å². The van der Waals surface area contributed by atoms with Gasteiger partial charge in [0.1, 0.15) is 0 Å². The van der Waals surface area contributed by atoms with Crippen LogP contribution >= 0.6 is 11.6 Å². The summed E-state index contributed by atoms with van der Waals surface area (Å²) in [6.45, 7) is 0.426. The highest BCUT2D eigenvalue weighted by atomic mass is 35.5. The summed E-state index contributed by atoms with van der Waals surface area (Å²) in [5.41, 5.74) is 2.70. The number of nitrogens with one attached hydrogen (secondary N) is 1. The minimum atomic E-state index is -0.167. The lowest BCUT2D eigenvalue weighted by Crippen LogP contribution is -2.20. The Bertz CT molecular complexity index is 635. The van der Waals surface area contributed by atoms with Gasteiger partial charge in [-0.25, -0.2) is 0 Å². The van der Waals surface area contributed by atoms with E-state index in [1.165, 1.54) is 6.08 Å². The Morgan fingerprint density at radius 1 is 1.14 bits per heavy atom. The van der Waals surface area contributed by atoms with Crippen molar-refractivity contribution >= 4 is 23.6 Å². The minimum absolute atomic E-state index is 0.00173. The Kier molecular flexibility index (Phi) is 5.55. The molecular formula is C17H16ClNO2. The monoisotopic (exact) mass is 301 g/mol. The molecule has 2 aromatic carbocycles. The summed E-state index contributed by atoms with van der Waals surface area (Å²) in [6, 6.07) is 14.7. The topological polar surface area (TPSA) is 49.3 Å². The first-order chi connectivity index (χ1) is 10.2. The van der Waals surface area contributed by atoms with Crippen LogP contribution in [-0.2, 0) is 17.9 Å². The molecule has 2 rings (SSSR count). The molecule has 0 bridgehead atoms. The number of hydrogen-bond donors (Lipinski definition) is 2. The van der Waals surface area contributed by atoms with Gasteiger partial charge in [0.05, 0.1) is 6.61 Å². The first kappa shape index (κ1) is 15.3. The van der Waals surface area contributed by atoms with Crippen molar-refractivity contribution < 1.29 is 9.90 Å². The number of carbonyl (C=O) groups excluding carboxylic acids is 1. The Morgan fingerprint density at radius 2 is 1.86 bits per heavy atom. The van der Waals surface area contributed by atoms with E-state index in [9.17, 15) is 4.79 Å². The van der Waals surface area contributed by atoms with Crippen LogP contribution in [0.3, 0.4) is 0 Å². The fraction of sp³-hybridized carbons (Fsp3) is 0.118. The van der Waals surface area contributed by atoms with E-state index < -0.39 is 0 Å². The molecule has 3 nitrogen and oxygen atoms in total. The predicted octanol–water partition coefficient (Wildman–Crippen LogP) is 3.16. The van der Waals surface area contributed by atoms with Crippen LogP contribution in [0.4, 0.5) is 0 Å². The molecular weight excluding hydrogens is 286 g/mol. The van der Waals surface area contributed by atoms with Crippen molar-refractivity contribution in [1.82, 2.24) is 5.32 Å². The van der Waals surface area contributed by atoms with E-state index in [4.69, 9.17) is 16.7 Å². The summed E-state index contributed by atoms with van der Waals surface area (Å²) < 4.78 is 0. The Balaban J connectivity index is 1.88. The lowest BCUT2D eigenvalue weighted by atomic mass is 10.1. The minimum Gasteiger partial charge on any atom is -0.392 e. The second kappa shape index (κ2) is 7.62. The average Bonchev–Trinajstić information content (AvgIpc) is 2.52. The summed E-state index contributed by atoms with van der Waals surface area (Å²) in [7, 11) is 0. The highest BCUT2D eigenvalue weighted by Crippen LogP contribution is 2.10. The van der Waals surface area contributed by atoms with Gasteiger partial charge in [0.2, 0.25) is 5.91 Å². The van der Waals surface area contributed by atoms with Crippen molar-refractivity contribution in [2.45, 2.75) is 13.2 Å². The van der Waals surface area contributed by atoms with Gasteiger partial charge in [-0.05, 0) is 34.9 Å². The number of aliphatic hydroxyl groups is 1. The first-order valence-corrected chi connectivity index (χ1v) is 6.95. The second-order valence-corrected chi connectivity index (χ2v) is 5.02. The van der Waals surface area contributed by atoms with Crippen LogP contribution in [-0.4, -0.2) is 11.0 Å². The molecule has 0 aliphatic rings. The molecule has 1 amide bonds. The molecule has 0 aliphatic carbocycles. The van der Waals surface area contributed by atoms with Crippen molar-refractivity contribution in [3.8, 4) is 0 Å². The van der Waals surface area contributed by atoms with Crippen LogP contribution in [0.2, 0.25) is 5.02 Å². The number of benzene rings is 2. The van der Waals surface area contributed by atoms with E-state index in [2.05, 4.69) is 5.32 Å². The van der Waals surface area contributed by atoms with Crippen molar-refractivity contribution in [3.05, 3.63) is 76.3 Å². The number of amides is 1. The van der Waals surface area contributed by atoms with Crippen molar-refractivity contribution in [3.63, 3.8) is 0 Å². The molecule has 0 aromatic heterocycles. The van der Waals surface area contributed by atoms with Crippen molar-refractivity contribution in [2.75, 3.05) is 0 Å². The van der Waals surface area contributed by atoms with E-state index in [1.54, 1.807) is 18.2 Å². The van der Waals surface area contributed by atoms with Gasteiger partial charge in [0.15, 0.2) is 0 Å². The third-order valence-electron chi connectivity index (χ3n) is 2.94. The average molecular weight is 302 g/mol. The van der Waals surface area contributed by atoms with Gasteiger partial charge in [-0.2, -0.15) is 0 Å². The van der Waals surface area contributed by atoms with Gasteiger partial charge < -0.3 is 10.4 Å². The zero-order chi connectivity index (χ0) is 15.1. The molecule has 2 aromatic rings. The fourth-order valence-electron chi connectivity index (χ4n) is 1.83. The van der Waals surface area contributed by atoms with Gasteiger partial charge in [0.25, 0.3) is 0 Å². The van der Waals surface area contributed by atoms with Crippen LogP contribution in [0.25, 0.3) is 6.08 Å². The zero-order valence-electron chi connectivity index (χ0n) is 11.4. The Morgan fingerprint density at radius 3 is 2.57 bits per heavy atom. The molecule has 0 atom stereocenters. The van der Waals surface area contributed by atoms with Gasteiger partial charge in [-0.3, -0.25) is 4.79 Å². The summed E-state index contributed by atoms with van der Waals surface area (Å²) in [5, 5.41) is 12.5. The molecule has 108 valence electrons. The zero-order valence-corrected chi connectivity index (χ0v) is 12.2. The van der Waals surface area contributed by atoms with Crippen LogP contribution in [0.5, 0.6) is 0 Å².